The summed E-state index contributed by atoms with van der Waals surface area (Å²) in [7, 11) is 1.74. The molecule has 1 aromatic carbocycles. The van der Waals surface area contributed by atoms with E-state index in [0.717, 1.165) is 36.5 Å². The Morgan fingerprint density at radius 3 is 2.76 bits per heavy atom. The van der Waals surface area contributed by atoms with Gasteiger partial charge in [-0.1, -0.05) is 25.0 Å². The van der Waals surface area contributed by atoms with Crippen molar-refractivity contribution in [3.8, 4) is 11.5 Å². The fourth-order valence-electron chi connectivity index (χ4n) is 3.66. The number of ether oxygens (including phenoxy) is 2. The van der Waals surface area contributed by atoms with Gasteiger partial charge in [-0.2, -0.15) is 11.8 Å². The standard InChI is InChI=1S/C17H25NO2S/c1-19-16-14(17(12-18)8-2-3-9-17)5-4-6-15(16)20-13-7-10-21-11-13/h4-6,13H,2-3,7-12,18H2,1H3. The molecule has 0 radical (unpaired) electrons. The van der Waals surface area contributed by atoms with Gasteiger partial charge in [-0.25, -0.2) is 0 Å². The van der Waals surface area contributed by atoms with Crippen molar-refractivity contribution in [2.45, 2.75) is 43.6 Å². The molecule has 1 saturated heterocycles. The molecule has 1 saturated carbocycles. The summed E-state index contributed by atoms with van der Waals surface area (Å²) in [5.74, 6) is 4.07. The summed E-state index contributed by atoms with van der Waals surface area (Å²) in [6, 6.07) is 6.29. The third-order valence-electron chi connectivity index (χ3n) is 4.89. The first-order chi connectivity index (χ1) is 10.3. The number of para-hydroxylation sites is 1. The predicted octanol–water partition coefficient (Wildman–Crippen LogP) is 3.35. The molecule has 2 fully saturated rings. The Morgan fingerprint density at radius 1 is 1.33 bits per heavy atom. The van der Waals surface area contributed by atoms with Crippen LogP contribution in [0.15, 0.2) is 18.2 Å². The lowest BCUT2D eigenvalue weighted by molar-refractivity contribution is 0.216. The van der Waals surface area contributed by atoms with Crippen molar-refractivity contribution in [3.63, 3.8) is 0 Å². The fraction of sp³-hybridized carbons (Fsp3) is 0.647. The molecule has 1 heterocycles. The zero-order valence-electron chi connectivity index (χ0n) is 12.8. The van der Waals surface area contributed by atoms with Gasteiger partial charge in [0.05, 0.1) is 7.11 Å². The number of thioether (sulfide) groups is 1. The van der Waals surface area contributed by atoms with Crippen LogP contribution in [0.5, 0.6) is 11.5 Å². The topological polar surface area (TPSA) is 44.5 Å². The van der Waals surface area contributed by atoms with Gasteiger partial charge in [0.15, 0.2) is 11.5 Å². The molecule has 2 aliphatic rings. The summed E-state index contributed by atoms with van der Waals surface area (Å²) in [5.41, 5.74) is 7.46. The smallest absolute Gasteiger partial charge is 0.164 e. The molecule has 1 atom stereocenters. The summed E-state index contributed by atoms with van der Waals surface area (Å²) in [6.45, 7) is 0.687. The SMILES string of the molecule is COc1c(OC2CCSC2)cccc1C1(CN)CCCC1. The molecule has 116 valence electrons. The Balaban J connectivity index is 1.93. The van der Waals surface area contributed by atoms with Crippen LogP contribution in [-0.2, 0) is 5.41 Å². The molecular weight excluding hydrogens is 282 g/mol. The van der Waals surface area contributed by atoms with Gasteiger partial charge >= 0.3 is 0 Å². The van der Waals surface area contributed by atoms with E-state index in [9.17, 15) is 0 Å². The Hall–Kier alpha value is -0.870. The van der Waals surface area contributed by atoms with Gasteiger partial charge < -0.3 is 15.2 Å². The molecule has 3 rings (SSSR count). The Labute approximate surface area is 131 Å². The average molecular weight is 307 g/mol. The van der Waals surface area contributed by atoms with Crippen molar-refractivity contribution in [2.24, 2.45) is 5.73 Å². The van der Waals surface area contributed by atoms with Gasteiger partial charge in [0, 0.05) is 23.3 Å². The molecule has 1 aromatic rings. The summed E-state index contributed by atoms with van der Waals surface area (Å²) >= 11 is 1.96. The first-order valence-electron chi connectivity index (χ1n) is 7.91. The molecule has 3 nitrogen and oxygen atoms in total. The van der Waals surface area contributed by atoms with Crippen LogP contribution in [0.2, 0.25) is 0 Å². The van der Waals surface area contributed by atoms with Crippen molar-refractivity contribution in [2.75, 3.05) is 25.2 Å². The maximum absolute atomic E-state index is 6.20. The highest BCUT2D eigenvalue weighted by Crippen LogP contribution is 2.47. The lowest BCUT2D eigenvalue weighted by atomic mass is 9.78. The number of hydrogen-bond acceptors (Lipinski definition) is 4. The molecule has 4 heteroatoms. The van der Waals surface area contributed by atoms with E-state index in [4.69, 9.17) is 15.2 Å². The second-order valence-electron chi connectivity index (χ2n) is 6.13. The second-order valence-corrected chi connectivity index (χ2v) is 7.28. The maximum Gasteiger partial charge on any atom is 0.164 e. The summed E-state index contributed by atoms with van der Waals surface area (Å²) in [5, 5.41) is 0. The molecule has 1 aliphatic carbocycles. The lowest BCUT2D eigenvalue weighted by Gasteiger charge is -2.30. The van der Waals surface area contributed by atoms with Crippen LogP contribution in [0.25, 0.3) is 0 Å². The Kier molecular flexibility index (Phi) is 4.65. The normalized spacial score (nSPS) is 24.2. The van der Waals surface area contributed by atoms with E-state index in [2.05, 4.69) is 12.1 Å². The number of rotatable bonds is 5. The summed E-state index contributed by atoms with van der Waals surface area (Å²) < 4.78 is 11.9. The quantitative estimate of drug-likeness (QED) is 0.906. The van der Waals surface area contributed by atoms with Crippen LogP contribution in [-0.4, -0.2) is 31.3 Å². The van der Waals surface area contributed by atoms with Crippen LogP contribution in [0.4, 0.5) is 0 Å². The number of methoxy groups -OCH3 is 1. The van der Waals surface area contributed by atoms with E-state index < -0.39 is 0 Å². The first-order valence-corrected chi connectivity index (χ1v) is 9.06. The minimum atomic E-state index is 0.0785. The van der Waals surface area contributed by atoms with Crippen molar-refractivity contribution < 1.29 is 9.47 Å². The minimum Gasteiger partial charge on any atom is -0.493 e. The van der Waals surface area contributed by atoms with E-state index in [1.54, 1.807) is 7.11 Å². The van der Waals surface area contributed by atoms with Crippen LogP contribution in [0, 0.1) is 0 Å². The highest BCUT2D eigenvalue weighted by atomic mass is 32.2. The third-order valence-corrected chi connectivity index (χ3v) is 6.02. The zero-order valence-corrected chi connectivity index (χ0v) is 13.6. The van der Waals surface area contributed by atoms with Crippen LogP contribution >= 0.6 is 11.8 Å². The minimum absolute atomic E-state index is 0.0785. The highest BCUT2D eigenvalue weighted by molar-refractivity contribution is 7.99. The average Bonchev–Trinajstić information content (AvgIpc) is 3.19. The lowest BCUT2D eigenvalue weighted by Crippen LogP contribution is -2.32. The fourth-order valence-corrected chi connectivity index (χ4v) is 4.75. The molecule has 1 aliphatic heterocycles. The van der Waals surface area contributed by atoms with E-state index >= 15 is 0 Å². The number of nitrogens with two attached hydrogens (primary N) is 1. The largest absolute Gasteiger partial charge is 0.493 e. The van der Waals surface area contributed by atoms with E-state index in [0.29, 0.717) is 12.6 Å². The van der Waals surface area contributed by atoms with Gasteiger partial charge in [0.25, 0.3) is 0 Å². The Morgan fingerprint density at radius 2 is 2.14 bits per heavy atom. The van der Waals surface area contributed by atoms with Gasteiger partial charge in [0.2, 0.25) is 0 Å². The molecule has 0 bridgehead atoms. The third kappa shape index (κ3) is 2.88. The van der Waals surface area contributed by atoms with Gasteiger partial charge in [-0.15, -0.1) is 0 Å². The van der Waals surface area contributed by atoms with Crippen LogP contribution < -0.4 is 15.2 Å². The highest BCUT2D eigenvalue weighted by Gasteiger charge is 2.37. The molecular formula is C17H25NO2S. The van der Waals surface area contributed by atoms with Crippen molar-refractivity contribution in [1.29, 1.82) is 0 Å². The van der Waals surface area contributed by atoms with Gasteiger partial charge in [-0.05, 0) is 31.1 Å². The van der Waals surface area contributed by atoms with Crippen molar-refractivity contribution in [1.82, 2.24) is 0 Å². The number of hydrogen-bond donors (Lipinski definition) is 1. The second kappa shape index (κ2) is 6.49. The molecule has 0 aromatic heterocycles. The predicted molar refractivity (Wildman–Crippen MR) is 88.6 cm³/mol. The summed E-state index contributed by atoms with van der Waals surface area (Å²) in [4.78, 5) is 0. The van der Waals surface area contributed by atoms with Crippen LogP contribution in [0.3, 0.4) is 0 Å². The molecule has 21 heavy (non-hydrogen) atoms. The van der Waals surface area contributed by atoms with Crippen LogP contribution in [0.1, 0.15) is 37.7 Å². The van der Waals surface area contributed by atoms with Gasteiger partial charge in [-0.3, -0.25) is 0 Å². The van der Waals surface area contributed by atoms with Crippen molar-refractivity contribution >= 4 is 11.8 Å². The van der Waals surface area contributed by atoms with Gasteiger partial charge in [0.1, 0.15) is 6.10 Å². The maximum atomic E-state index is 6.20. The van der Waals surface area contributed by atoms with E-state index in [1.165, 1.54) is 24.2 Å². The molecule has 0 amide bonds. The monoisotopic (exact) mass is 307 g/mol. The Bertz CT molecular complexity index is 480. The first kappa shape index (κ1) is 15.0. The molecule has 0 spiro atoms. The number of benzene rings is 1. The zero-order chi connectivity index (χ0) is 14.7. The van der Waals surface area contributed by atoms with Crippen molar-refractivity contribution in [3.05, 3.63) is 23.8 Å². The summed E-state index contributed by atoms with van der Waals surface area (Å²) in [6.07, 6.45) is 6.26. The van der Waals surface area contributed by atoms with E-state index in [-0.39, 0.29) is 5.41 Å². The molecule has 2 N–H and O–H groups in total. The van der Waals surface area contributed by atoms with E-state index in [1.807, 2.05) is 17.8 Å². The molecule has 1 unspecified atom stereocenters.